The van der Waals surface area contributed by atoms with E-state index in [0.29, 0.717) is 0 Å². The molecule has 0 amide bonds. The van der Waals surface area contributed by atoms with E-state index >= 15 is 0 Å². The molecule has 0 radical (unpaired) electrons. The highest BCUT2D eigenvalue weighted by molar-refractivity contribution is 5.85. The van der Waals surface area contributed by atoms with Crippen LogP contribution in [0, 0.1) is 0 Å². The third-order valence-corrected chi connectivity index (χ3v) is 5.08. The lowest BCUT2D eigenvalue weighted by molar-refractivity contribution is 0.0417. The van der Waals surface area contributed by atoms with Crippen LogP contribution in [0.2, 0.25) is 0 Å². The lowest BCUT2D eigenvalue weighted by Gasteiger charge is -2.35. The molecule has 0 saturated carbocycles. The Hall–Kier alpha value is -2.40. The van der Waals surface area contributed by atoms with Crippen molar-refractivity contribution >= 4 is 0 Å². The van der Waals surface area contributed by atoms with E-state index in [0.717, 1.165) is 53.6 Å². The summed E-state index contributed by atoms with van der Waals surface area (Å²) >= 11 is 0. The van der Waals surface area contributed by atoms with Crippen molar-refractivity contribution < 1.29 is 23.7 Å². The van der Waals surface area contributed by atoms with Gasteiger partial charge in [0.05, 0.1) is 26.9 Å². The second kappa shape index (κ2) is 5.05. The summed E-state index contributed by atoms with van der Waals surface area (Å²) in [6.07, 6.45) is 1.77. The highest BCUT2D eigenvalue weighted by atomic mass is 16.7. The van der Waals surface area contributed by atoms with E-state index in [4.69, 9.17) is 23.7 Å². The molecule has 2 aromatic rings. The third-order valence-electron chi connectivity index (χ3n) is 5.08. The number of fused-ring (bicyclic) bond motifs is 3. The number of hydrogen-bond acceptors (Lipinski definition) is 5. The highest BCUT2D eigenvalue weighted by Crippen LogP contribution is 2.53. The fourth-order valence-corrected chi connectivity index (χ4v) is 4.04. The van der Waals surface area contributed by atoms with Gasteiger partial charge in [0.1, 0.15) is 0 Å². The van der Waals surface area contributed by atoms with Gasteiger partial charge in [-0.3, -0.25) is 0 Å². The predicted octanol–water partition coefficient (Wildman–Crippen LogP) is 3.27. The second-order valence-corrected chi connectivity index (χ2v) is 6.24. The van der Waals surface area contributed by atoms with E-state index in [1.54, 1.807) is 14.2 Å². The lowest BCUT2D eigenvalue weighted by atomic mass is 9.79. The molecule has 5 rings (SSSR count). The third kappa shape index (κ3) is 1.79. The van der Waals surface area contributed by atoms with Gasteiger partial charge in [-0.2, -0.15) is 0 Å². The van der Waals surface area contributed by atoms with Crippen LogP contribution < -0.4 is 18.9 Å². The Morgan fingerprint density at radius 3 is 2.62 bits per heavy atom. The van der Waals surface area contributed by atoms with Gasteiger partial charge in [-0.1, -0.05) is 0 Å². The molecule has 1 aliphatic carbocycles. The van der Waals surface area contributed by atoms with E-state index in [1.165, 1.54) is 16.7 Å². The van der Waals surface area contributed by atoms with E-state index in [-0.39, 0.29) is 12.9 Å². The van der Waals surface area contributed by atoms with E-state index in [1.807, 2.05) is 0 Å². The van der Waals surface area contributed by atoms with Crippen LogP contribution in [0.5, 0.6) is 23.0 Å². The molecule has 2 heterocycles. The highest BCUT2D eigenvalue weighted by Gasteiger charge is 2.35. The van der Waals surface area contributed by atoms with Crippen LogP contribution >= 0.6 is 0 Å². The van der Waals surface area contributed by atoms with Crippen molar-refractivity contribution in [2.75, 3.05) is 27.6 Å². The Balaban J connectivity index is 1.84. The van der Waals surface area contributed by atoms with Crippen molar-refractivity contribution in [1.29, 1.82) is 0 Å². The summed E-state index contributed by atoms with van der Waals surface area (Å²) in [6, 6.07) is 6.21. The second-order valence-electron chi connectivity index (χ2n) is 6.24. The zero-order valence-electron chi connectivity index (χ0n) is 13.7. The first-order valence-electron chi connectivity index (χ1n) is 8.12. The maximum absolute atomic E-state index is 6.07. The molecule has 3 aliphatic rings. The fourth-order valence-electron chi connectivity index (χ4n) is 4.04. The quantitative estimate of drug-likeness (QED) is 0.847. The van der Waals surface area contributed by atoms with Crippen molar-refractivity contribution in [2.45, 2.75) is 18.9 Å². The van der Waals surface area contributed by atoms with Gasteiger partial charge in [0.2, 0.25) is 6.79 Å². The van der Waals surface area contributed by atoms with Gasteiger partial charge < -0.3 is 23.7 Å². The summed E-state index contributed by atoms with van der Waals surface area (Å²) in [5, 5.41) is 0. The molecule has 0 N–H and O–H groups in total. The Morgan fingerprint density at radius 2 is 1.83 bits per heavy atom. The van der Waals surface area contributed by atoms with Crippen molar-refractivity contribution in [3.8, 4) is 34.1 Å². The summed E-state index contributed by atoms with van der Waals surface area (Å²) in [7, 11) is 3.36. The van der Waals surface area contributed by atoms with E-state index in [2.05, 4.69) is 18.2 Å². The molecule has 5 heteroatoms. The Morgan fingerprint density at radius 1 is 1.00 bits per heavy atom. The normalized spacial score (nSPS) is 19.5. The molecule has 124 valence electrons. The number of ether oxygens (including phenoxy) is 5. The molecule has 24 heavy (non-hydrogen) atoms. The minimum atomic E-state index is 0.0522. The first kappa shape index (κ1) is 14.0. The van der Waals surface area contributed by atoms with Crippen molar-refractivity contribution in [2.24, 2.45) is 0 Å². The summed E-state index contributed by atoms with van der Waals surface area (Å²) in [5.74, 6) is 3.10. The van der Waals surface area contributed by atoms with Gasteiger partial charge in [-0.15, -0.1) is 0 Å². The standard InChI is InChI=1S/C19H18O5/c1-20-16-5-10-3-4-22-15-7-11-6-13-14(24-9-23-13)8-12(11)18(17(10)15)19(16)21-2/h5-6,8,15H,3-4,7,9H2,1-2H3. The molecule has 1 unspecified atom stereocenters. The molecular weight excluding hydrogens is 308 g/mol. The van der Waals surface area contributed by atoms with Crippen molar-refractivity contribution in [3.63, 3.8) is 0 Å². The average Bonchev–Trinajstić information content (AvgIpc) is 3.06. The molecule has 5 nitrogen and oxygen atoms in total. The summed E-state index contributed by atoms with van der Waals surface area (Å²) in [6.45, 7) is 0.998. The number of hydrogen-bond donors (Lipinski definition) is 0. The van der Waals surface area contributed by atoms with Gasteiger partial charge in [-0.25, -0.2) is 0 Å². The Bertz CT molecular complexity index is 842. The lowest BCUT2D eigenvalue weighted by Crippen LogP contribution is -2.23. The maximum atomic E-state index is 6.07. The first-order chi connectivity index (χ1) is 11.8. The Kier molecular flexibility index (Phi) is 2.94. The summed E-state index contributed by atoms with van der Waals surface area (Å²) < 4.78 is 28.5. The van der Waals surface area contributed by atoms with E-state index < -0.39 is 0 Å². The monoisotopic (exact) mass is 326 g/mol. The molecule has 0 spiro atoms. The SMILES string of the molecule is COc1cc2c3c(c1OC)-c1cc4c(cc1CC3OCC2)OCO4. The van der Waals surface area contributed by atoms with Crippen LogP contribution in [0.15, 0.2) is 18.2 Å². The topological polar surface area (TPSA) is 46.2 Å². The van der Waals surface area contributed by atoms with Crippen molar-refractivity contribution in [1.82, 2.24) is 0 Å². The molecule has 1 atom stereocenters. The van der Waals surface area contributed by atoms with Crippen LogP contribution in [-0.4, -0.2) is 27.6 Å². The molecule has 2 aromatic carbocycles. The molecule has 0 bridgehead atoms. The minimum Gasteiger partial charge on any atom is -0.493 e. The molecular formula is C19H18O5. The van der Waals surface area contributed by atoms with Crippen molar-refractivity contribution in [3.05, 3.63) is 34.9 Å². The van der Waals surface area contributed by atoms with Gasteiger partial charge in [0, 0.05) is 12.0 Å². The number of rotatable bonds is 2. The van der Waals surface area contributed by atoms with Crippen LogP contribution in [0.3, 0.4) is 0 Å². The van der Waals surface area contributed by atoms with Crippen LogP contribution in [-0.2, 0) is 17.6 Å². The predicted molar refractivity (Wildman–Crippen MR) is 87.2 cm³/mol. The smallest absolute Gasteiger partial charge is 0.231 e. The van der Waals surface area contributed by atoms with Crippen LogP contribution in [0.4, 0.5) is 0 Å². The summed E-state index contributed by atoms with van der Waals surface area (Å²) in [4.78, 5) is 0. The van der Waals surface area contributed by atoms with Gasteiger partial charge in [0.25, 0.3) is 0 Å². The van der Waals surface area contributed by atoms with Gasteiger partial charge >= 0.3 is 0 Å². The Labute approximate surface area is 140 Å². The molecule has 0 saturated heterocycles. The maximum Gasteiger partial charge on any atom is 0.231 e. The zero-order valence-corrected chi connectivity index (χ0v) is 13.7. The molecule has 2 aliphatic heterocycles. The first-order valence-corrected chi connectivity index (χ1v) is 8.12. The zero-order chi connectivity index (χ0) is 16.3. The minimum absolute atomic E-state index is 0.0522. The average molecular weight is 326 g/mol. The number of benzene rings is 2. The molecule has 0 aromatic heterocycles. The van der Waals surface area contributed by atoms with Crippen LogP contribution in [0.1, 0.15) is 22.8 Å². The van der Waals surface area contributed by atoms with Gasteiger partial charge in [-0.05, 0) is 46.9 Å². The van der Waals surface area contributed by atoms with Gasteiger partial charge in [0.15, 0.2) is 23.0 Å². The fraction of sp³-hybridized carbons (Fsp3) is 0.368. The number of methoxy groups -OCH3 is 2. The van der Waals surface area contributed by atoms with E-state index in [9.17, 15) is 0 Å². The van der Waals surface area contributed by atoms with Crippen LogP contribution in [0.25, 0.3) is 11.1 Å². The summed E-state index contributed by atoms with van der Waals surface area (Å²) in [5.41, 5.74) is 5.88. The molecule has 0 fully saturated rings. The largest absolute Gasteiger partial charge is 0.493 e.